The van der Waals surface area contributed by atoms with E-state index in [1.54, 1.807) is 22.0 Å². The number of rotatable bonds is 4. The van der Waals surface area contributed by atoms with E-state index in [9.17, 15) is 4.79 Å². The highest BCUT2D eigenvalue weighted by molar-refractivity contribution is 7.18. The SMILES string of the molecule is Cc1cccn2ncc(C(=O)NCCc3nc4ccccc4s3)c12. The molecule has 0 unspecified atom stereocenters. The molecular weight excluding hydrogens is 320 g/mol. The summed E-state index contributed by atoms with van der Waals surface area (Å²) in [5.74, 6) is -0.0968. The van der Waals surface area contributed by atoms with Crippen LogP contribution in [0.25, 0.3) is 15.7 Å². The van der Waals surface area contributed by atoms with Gasteiger partial charge in [0.25, 0.3) is 5.91 Å². The lowest BCUT2D eigenvalue weighted by molar-refractivity contribution is 0.0955. The summed E-state index contributed by atoms with van der Waals surface area (Å²) in [6.45, 7) is 2.54. The van der Waals surface area contributed by atoms with Crippen molar-refractivity contribution in [2.24, 2.45) is 0 Å². The third kappa shape index (κ3) is 2.65. The van der Waals surface area contributed by atoms with E-state index in [2.05, 4.69) is 21.5 Å². The molecule has 0 aliphatic rings. The predicted octanol–water partition coefficient (Wildman–Crippen LogP) is 3.22. The van der Waals surface area contributed by atoms with Crippen LogP contribution in [0.2, 0.25) is 0 Å². The van der Waals surface area contributed by atoms with Gasteiger partial charge in [-0.2, -0.15) is 5.10 Å². The maximum absolute atomic E-state index is 12.5. The molecule has 120 valence electrons. The molecule has 3 heterocycles. The number of amides is 1. The van der Waals surface area contributed by atoms with E-state index in [-0.39, 0.29) is 5.91 Å². The van der Waals surface area contributed by atoms with Crippen LogP contribution < -0.4 is 5.32 Å². The fourth-order valence-electron chi connectivity index (χ4n) is 2.79. The molecule has 24 heavy (non-hydrogen) atoms. The van der Waals surface area contributed by atoms with E-state index in [4.69, 9.17) is 0 Å². The molecule has 0 saturated carbocycles. The zero-order valence-corrected chi connectivity index (χ0v) is 14.0. The molecule has 1 N–H and O–H groups in total. The summed E-state index contributed by atoms with van der Waals surface area (Å²) in [6, 6.07) is 12.0. The van der Waals surface area contributed by atoms with Crippen molar-refractivity contribution in [1.82, 2.24) is 19.9 Å². The van der Waals surface area contributed by atoms with Gasteiger partial charge in [-0.3, -0.25) is 4.79 Å². The minimum Gasteiger partial charge on any atom is -0.351 e. The van der Waals surface area contributed by atoms with Crippen molar-refractivity contribution in [3.05, 3.63) is 64.9 Å². The quantitative estimate of drug-likeness (QED) is 0.622. The van der Waals surface area contributed by atoms with Crippen LogP contribution in [0.5, 0.6) is 0 Å². The normalized spacial score (nSPS) is 11.2. The van der Waals surface area contributed by atoms with Gasteiger partial charge in [0.05, 0.1) is 32.5 Å². The Morgan fingerprint density at radius 3 is 3.00 bits per heavy atom. The van der Waals surface area contributed by atoms with Crippen molar-refractivity contribution in [3.63, 3.8) is 0 Å². The Morgan fingerprint density at radius 2 is 2.12 bits per heavy atom. The third-order valence-electron chi connectivity index (χ3n) is 3.95. The molecule has 0 radical (unpaired) electrons. The van der Waals surface area contributed by atoms with E-state index in [0.717, 1.165) is 28.0 Å². The topological polar surface area (TPSA) is 59.3 Å². The number of aromatic nitrogens is 3. The molecule has 0 saturated heterocycles. The molecule has 4 rings (SSSR count). The Kier molecular flexibility index (Phi) is 3.74. The van der Waals surface area contributed by atoms with Gasteiger partial charge < -0.3 is 5.32 Å². The lowest BCUT2D eigenvalue weighted by Crippen LogP contribution is -2.25. The number of thiazole rings is 1. The summed E-state index contributed by atoms with van der Waals surface area (Å²) in [7, 11) is 0. The van der Waals surface area contributed by atoms with Crippen LogP contribution in [0.1, 0.15) is 20.9 Å². The van der Waals surface area contributed by atoms with E-state index < -0.39 is 0 Å². The largest absolute Gasteiger partial charge is 0.351 e. The lowest BCUT2D eigenvalue weighted by Gasteiger charge is -2.04. The number of aryl methyl sites for hydroxylation is 1. The van der Waals surface area contributed by atoms with Crippen LogP contribution in [0.3, 0.4) is 0 Å². The van der Waals surface area contributed by atoms with E-state index in [1.165, 1.54) is 4.70 Å². The van der Waals surface area contributed by atoms with Crippen molar-refractivity contribution in [3.8, 4) is 0 Å². The molecule has 5 nitrogen and oxygen atoms in total. The Bertz CT molecular complexity index is 1000. The molecule has 0 aliphatic heterocycles. The highest BCUT2D eigenvalue weighted by atomic mass is 32.1. The molecule has 1 aromatic carbocycles. The number of nitrogens with one attached hydrogen (secondary N) is 1. The summed E-state index contributed by atoms with van der Waals surface area (Å²) in [6.07, 6.45) is 4.19. The van der Waals surface area contributed by atoms with Crippen molar-refractivity contribution < 1.29 is 4.79 Å². The zero-order chi connectivity index (χ0) is 16.5. The second-order valence-corrected chi connectivity index (χ2v) is 6.74. The average Bonchev–Trinajstić information content (AvgIpc) is 3.18. The fraction of sp³-hybridized carbons (Fsp3) is 0.167. The number of para-hydroxylation sites is 1. The monoisotopic (exact) mass is 336 g/mol. The van der Waals surface area contributed by atoms with Crippen LogP contribution in [-0.4, -0.2) is 27.0 Å². The maximum atomic E-state index is 12.5. The number of fused-ring (bicyclic) bond motifs is 2. The van der Waals surface area contributed by atoms with Gasteiger partial charge in [0.1, 0.15) is 0 Å². The first-order valence-electron chi connectivity index (χ1n) is 7.78. The van der Waals surface area contributed by atoms with Gasteiger partial charge in [-0.25, -0.2) is 9.50 Å². The van der Waals surface area contributed by atoms with Gasteiger partial charge in [-0.1, -0.05) is 18.2 Å². The van der Waals surface area contributed by atoms with Crippen LogP contribution in [0, 0.1) is 6.92 Å². The minimum absolute atomic E-state index is 0.0968. The molecule has 6 heteroatoms. The smallest absolute Gasteiger partial charge is 0.255 e. The maximum Gasteiger partial charge on any atom is 0.255 e. The van der Waals surface area contributed by atoms with E-state index in [1.807, 2.05) is 43.5 Å². The van der Waals surface area contributed by atoms with Gasteiger partial charge >= 0.3 is 0 Å². The van der Waals surface area contributed by atoms with Crippen molar-refractivity contribution in [2.75, 3.05) is 6.54 Å². The highest BCUT2D eigenvalue weighted by Crippen LogP contribution is 2.21. The summed E-state index contributed by atoms with van der Waals surface area (Å²) >= 11 is 1.67. The Hall–Kier alpha value is -2.73. The molecule has 0 spiro atoms. The average molecular weight is 336 g/mol. The number of hydrogen-bond acceptors (Lipinski definition) is 4. The van der Waals surface area contributed by atoms with Gasteiger partial charge in [0.15, 0.2) is 0 Å². The number of hydrogen-bond donors (Lipinski definition) is 1. The van der Waals surface area contributed by atoms with E-state index >= 15 is 0 Å². The first kappa shape index (κ1) is 14.8. The number of pyridine rings is 1. The van der Waals surface area contributed by atoms with Gasteiger partial charge in [-0.15, -0.1) is 11.3 Å². The molecular formula is C18H16N4OS. The summed E-state index contributed by atoms with van der Waals surface area (Å²) in [5, 5.41) is 8.25. The van der Waals surface area contributed by atoms with Gasteiger partial charge in [-0.05, 0) is 30.7 Å². The zero-order valence-electron chi connectivity index (χ0n) is 13.2. The Morgan fingerprint density at radius 1 is 1.25 bits per heavy atom. The minimum atomic E-state index is -0.0968. The van der Waals surface area contributed by atoms with E-state index in [0.29, 0.717) is 12.1 Å². The second-order valence-electron chi connectivity index (χ2n) is 5.62. The lowest BCUT2D eigenvalue weighted by atomic mass is 10.1. The molecule has 0 atom stereocenters. The molecule has 0 bridgehead atoms. The molecule has 0 aliphatic carbocycles. The predicted molar refractivity (Wildman–Crippen MR) is 95.6 cm³/mol. The Labute approximate surface area is 143 Å². The van der Waals surface area contributed by atoms with Crippen LogP contribution >= 0.6 is 11.3 Å². The summed E-state index contributed by atoms with van der Waals surface area (Å²) in [5.41, 5.74) is 3.51. The number of benzene rings is 1. The van der Waals surface area contributed by atoms with Crippen molar-refractivity contribution in [1.29, 1.82) is 0 Å². The summed E-state index contributed by atoms with van der Waals surface area (Å²) < 4.78 is 2.91. The number of carbonyl (C=O) groups is 1. The van der Waals surface area contributed by atoms with Gasteiger partial charge in [0.2, 0.25) is 0 Å². The van der Waals surface area contributed by atoms with Crippen LogP contribution in [0.15, 0.2) is 48.8 Å². The van der Waals surface area contributed by atoms with Gasteiger partial charge in [0, 0.05) is 19.2 Å². The standard InChI is InChI=1S/C18H16N4OS/c1-12-5-4-10-22-17(12)13(11-20-22)18(23)19-9-8-16-21-14-6-2-3-7-15(14)24-16/h2-7,10-11H,8-9H2,1H3,(H,19,23). The number of carbonyl (C=O) groups excluding carboxylic acids is 1. The van der Waals surface area contributed by atoms with Crippen molar-refractivity contribution >= 4 is 33.0 Å². The first-order chi connectivity index (χ1) is 11.7. The fourth-order valence-corrected chi connectivity index (χ4v) is 3.75. The Balaban J connectivity index is 1.46. The molecule has 4 aromatic rings. The third-order valence-corrected chi connectivity index (χ3v) is 5.05. The highest BCUT2D eigenvalue weighted by Gasteiger charge is 2.14. The molecule has 1 amide bonds. The molecule has 0 fully saturated rings. The first-order valence-corrected chi connectivity index (χ1v) is 8.59. The van der Waals surface area contributed by atoms with Crippen LogP contribution in [0.4, 0.5) is 0 Å². The van der Waals surface area contributed by atoms with Crippen molar-refractivity contribution in [2.45, 2.75) is 13.3 Å². The number of nitrogens with zero attached hydrogens (tertiary/aromatic N) is 3. The second kappa shape index (κ2) is 6.05. The van der Waals surface area contributed by atoms with Crippen LogP contribution in [-0.2, 0) is 6.42 Å². The summed E-state index contributed by atoms with van der Waals surface area (Å²) in [4.78, 5) is 17.0. The molecule has 3 aromatic heterocycles.